The standard InChI is InChI=1S/C22H24N4O2S/c1-15(18-10-6-7-11-19(18)28-2)23-20(27)14-29-22-25-24-21(16-12-13-16)26(22)17-8-4-3-5-9-17/h3-11,15-16H,12-14H2,1-2H3,(H,23,27). The summed E-state index contributed by atoms with van der Waals surface area (Å²) >= 11 is 1.41. The van der Waals surface area contributed by atoms with E-state index in [1.807, 2.05) is 61.5 Å². The number of nitrogens with zero attached hydrogens (tertiary/aromatic N) is 3. The van der Waals surface area contributed by atoms with Crippen molar-refractivity contribution in [1.29, 1.82) is 0 Å². The van der Waals surface area contributed by atoms with E-state index in [-0.39, 0.29) is 17.7 Å². The molecule has 1 heterocycles. The number of rotatable bonds is 8. The Morgan fingerprint density at radius 1 is 1.17 bits per heavy atom. The second kappa shape index (κ2) is 8.69. The lowest BCUT2D eigenvalue weighted by atomic mass is 10.1. The molecule has 1 N–H and O–H groups in total. The molecule has 1 aliphatic carbocycles. The monoisotopic (exact) mass is 408 g/mol. The number of hydrogen-bond donors (Lipinski definition) is 1. The molecule has 1 amide bonds. The summed E-state index contributed by atoms with van der Waals surface area (Å²) in [6.07, 6.45) is 2.29. The fourth-order valence-electron chi connectivity index (χ4n) is 3.32. The molecule has 1 aliphatic rings. The maximum absolute atomic E-state index is 12.6. The van der Waals surface area contributed by atoms with Crippen LogP contribution in [0.4, 0.5) is 0 Å². The van der Waals surface area contributed by atoms with Gasteiger partial charge in [0.1, 0.15) is 11.6 Å². The zero-order valence-electron chi connectivity index (χ0n) is 16.5. The number of methoxy groups -OCH3 is 1. The molecule has 4 rings (SSSR count). The van der Waals surface area contributed by atoms with Crippen molar-refractivity contribution < 1.29 is 9.53 Å². The van der Waals surface area contributed by atoms with E-state index in [0.717, 1.165) is 40.8 Å². The third-order valence-electron chi connectivity index (χ3n) is 4.93. The molecule has 0 saturated heterocycles. The highest BCUT2D eigenvalue weighted by Crippen LogP contribution is 2.41. The predicted molar refractivity (Wildman–Crippen MR) is 114 cm³/mol. The molecule has 1 aromatic heterocycles. The van der Waals surface area contributed by atoms with Crippen LogP contribution in [0.5, 0.6) is 5.75 Å². The average molecular weight is 409 g/mol. The third-order valence-corrected chi connectivity index (χ3v) is 5.86. The minimum Gasteiger partial charge on any atom is -0.496 e. The first-order chi connectivity index (χ1) is 14.2. The van der Waals surface area contributed by atoms with Gasteiger partial charge in [-0.3, -0.25) is 9.36 Å². The van der Waals surface area contributed by atoms with Gasteiger partial charge in [0.25, 0.3) is 0 Å². The highest BCUT2D eigenvalue weighted by Gasteiger charge is 2.31. The SMILES string of the molecule is COc1ccccc1C(C)NC(=O)CSc1nnc(C2CC2)n1-c1ccccc1. The highest BCUT2D eigenvalue weighted by atomic mass is 32.2. The minimum absolute atomic E-state index is 0.0519. The number of para-hydroxylation sites is 2. The number of carbonyl (C=O) groups is 1. The smallest absolute Gasteiger partial charge is 0.230 e. The molecule has 29 heavy (non-hydrogen) atoms. The molecule has 150 valence electrons. The van der Waals surface area contributed by atoms with Crippen molar-refractivity contribution in [3.05, 3.63) is 66.0 Å². The van der Waals surface area contributed by atoms with Gasteiger partial charge in [-0.15, -0.1) is 10.2 Å². The van der Waals surface area contributed by atoms with Crippen LogP contribution >= 0.6 is 11.8 Å². The van der Waals surface area contributed by atoms with Crippen molar-refractivity contribution in [2.45, 2.75) is 36.9 Å². The van der Waals surface area contributed by atoms with Crippen LogP contribution < -0.4 is 10.1 Å². The molecule has 0 aliphatic heterocycles. The van der Waals surface area contributed by atoms with E-state index in [4.69, 9.17) is 4.74 Å². The molecule has 1 atom stereocenters. The maximum atomic E-state index is 12.6. The van der Waals surface area contributed by atoms with Gasteiger partial charge in [-0.25, -0.2) is 0 Å². The quantitative estimate of drug-likeness (QED) is 0.568. The van der Waals surface area contributed by atoms with E-state index in [2.05, 4.69) is 20.1 Å². The van der Waals surface area contributed by atoms with Gasteiger partial charge in [0.2, 0.25) is 5.91 Å². The Hall–Kier alpha value is -2.80. The first-order valence-electron chi connectivity index (χ1n) is 9.73. The molecule has 1 unspecified atom stereocenters. The van der Waals surface area contributed by atoms with Crippen LogP contribution in [0.3, 0.4) is 0 Å². The van der Waals surface area contributed by atoms with Gasteiger partial charge in [0.15, 0.2) is 5.16 Å². The number of carbonyl (C=O) groups excluding carboxylic acids is 1. The molecule has 1 saturated carbocycles. The average Bonchev–Trinajstić information content (AvgIpc) is 3.52. The van der Waals surface area contributed by atoms with E-state index in [9.17, 15) is 4.79 Å². The lowest BCUT2D eigenvalue weighted by Gasteiger charge is -2.17. The maximum Gasteiger partial charge on any atom is 0.230 e. The third kappa shape index (κ3) is 4.45. The van der Waals surface area contributed by atoms with Crippen molar-refractivity contribution in [3.8, 4) is 11.4 Å². The lowest BCUT2D eigenvalue weighted by molar-refractivity contribution is -0.119. The number of amides is 1. The van der Waals surface area contributed by atoms with E-state index in [1.54, 1.807) is 7.11 Å². The Bertz CT molecular complexity index is 985. The van der Waals surface area contributed by atoms with E-state index < -0.39 is 0 Å². The summed E-state index contributed by atoms with van der Waals surface area (Å²) in [6.45, 7) is 1.96. The van der Waals surface area contributed by atoms with Crippen LogP contribution in [0, 0.1) is 0 Å². The molecule has 3 aromatic rings. The Kier molecular flexibility index (Phi) is 5.85. The van der Waals surface area contributed by atoms with Crippen LogP contribution in [0.25, 0.3) is 5.69 Å². The van der Waals surface area contributed by atoms with Gasteiger partial charge in [0.05, 0.1) is 18.9 Å². The first-order valence-corrected chi connectivity index (χ1v) is 10.7. The van der Waals surface area contributed by atoms with Crippen LogP contribution in [0.15, 0.2) is 59.8 Å². The molecule has 6 nitrogen and oxygen atoms in total. The molecule has 0 bridgehead atoms. The zero-order chi connectivity index (χ0) is 20.2. The number of nitrogens with one attached hydrogen (secondary N) is 1. The Morgan fingerprint density at radius 3 is 2.62 bits per heavy atom. The van der Waals surface area contributed by atoms with Crippen molar-refractivity contribution in [1.82, 2.24) is 20.1 Å². The van der Waals surface area contributed by atoms with Crippen LogP contribution in [0.2, 0.25) is 0 Å². The number of thioether (sulfide) groups is 1. The minimum atomic E-state index is -0.145. The predicted octanol–water partition coefficient (Wildman–Crippen LogP) is 4.12. The molecule has 0 spiro atoms. The highest BCUT2D eigenvalue weighted by molar-refractivity contribution is 7.99. The van der Waals surface area contributed by atoms with Crippen molar-refractivity contribution >= 4 is 17.7 Å². The van der Waals surface area contributed by atoms with Gasteiger partial charge in [-0.05, 0) is 38.0 Å². The Morgan fingerprint density at radius 2 is 1.90 bits per heavy atom. The Labute approximate surface area is 174 Å². The number of hydrogen-bond acceptors (Lipinski definition) is 5. The summed E-state index contributed by atoms with van der Waals surface area (Å²) in [7, 11) is 1.64. The fraction of sp³-hybridized carbons (Fsp3) is 0.318. The van der Waals surface area contributed by atoms with Gasteiger partial charge < -0.3 is 10.1 Å². The second-order valence-corrected chi connectivity index (χ2v) is 8.05. The van der Waals surface area contributed by atoms with E-state index in [0.29, 0.717) is 5.92 Å². The molecular formula is C22H24N4O2S. The molecular weight excluding hydrogens is 384 g/mol. The summed E-state index contributed by atoms with van der Waals surface area (Å²) in [5, 5.41) is 12.6. The van der Waals surface area contributed by atoms with Crippen molar-refractivity contribution in [3.63, 3.8) is 0 Å². The molecule has 2 aromatic carbocycles. The second-order valence-electron chi connectivity index (χ2n) is 7.11. The van der Waals surface area contributed by atoms with Gasteiger partial charge in [-0.1, -0.05) is 48.2 Å². The molecule has 0 radical (unpaired) electrons. The summed E-state index contributed by atoms with van der Waals surface area (Å²) in [5.41, 5.74) is 1.99. The number of ether oxygens (including phenoxy) is 1. The van der Waals surface area contributed by atoms with Gasteiger partial charge in [-0.2, -0.15) is 0 Å². The van der Waals surface area contributed by atoms with Crippen LogP contribution in [-0.2, 0) is 4.79 Å². The Balaban J connectivity index is 1.45. The topological polar surface area (TPSA) is 69.0 Å². The molecule has 7 heteroatoms. The van der Waals surface area contributed by atoms with Crippen molar-refractivity contribution in [2.75, 3.05) is 12.9 Å². The summed E-state index contributed by atoms with van der Waals surface area (Å²) in [5.74, 6) is 2.45. The van der Waals surface area contributed by atoms with Gasteiger partial charge in [0, 0.05) is 17.2 Å². The zero-order valence-corrected chi connectivity index (χ0v) is 17.4. The summed E-state index contributed by atoms with van der Waals surface area (Å²) in [4.78, 5) is 12.6. The van der Waals surface area contributed by atoms with E-state index >= 15 is 0 Å². The van der Waals surface area contributed by atoms with E-state index in [1.165, 1.54) is 11.8 Å². The summed E-state index contributed by atoms with van der Waals surface area (Å²) < 4.78 is 7.48. The van der Waals surface area contributed by atoms with Crippen LogP contribution in [0.1, 0.15) is 43.1 Å². The largest absolute Gasteiger partial charge is 0.496 e. The number of benzene rings is 2. The molecule has 1 fully saturated rings. The normalized spacial score (nSPS) is 14.4. The number of aromatic nitrogens is 3. The van der Waals surface area contributed by atoms with Gasteiger partial charge >= 0.3 is 0 Å². The van der Waals surface area contributed by atoms with Crippen molar-refractivity contribution in [2.24, 2.45) is 0 Å². The summed E-state index contributed by atoms with van der Waals surface area (Å²) in [6, 6.07) is 17.7. The fourth-order valence-corrected chi connectivity index (χ4v) is 4.09. The van der Waals surface area contributed by atoms with Crippen LogP contribution in [-0.4, -0.2) is 33.5 Å². The first kappa shape index (κ1) is 19.5. The lowest BCUT2D eigenvalue weighted by Crippen LogP contribution is -2.28.